The van der Waals surface area contributed by atoms with Crippen LogP contribution in [0, 0.1) is 0 Å². The van der Waals surface area contributed by atoms with Crippen molar-refractivity contribution in [2.75, 3.05) is 13.1 Å². The Morgan fingerprint density at radius 3 is 3.22 bits per heavy atom. The molecular formula is C4H10N4S. The van der Waals surface area contributed by atoms with Crippen LogP contribution in [0.1, 0.15) is 6.92 Å². The summed E-state index contributed by atoms with van der Waals surface area (Å²) in [6.45, 7) is 3.57. The predicted molar refractivity (Wildman–Crippen MR) is 39.6 cm³/mol. The molecule has 0 aliphatic carbocycles. The van der Waals surface area contributed by atoms with Crippen LogP contribution in [0.15, 0.2) is 4.40 Å². The highest BCUT2D eigenvalue weighted by Crippen LogP contribution is 2.04. The Labute approximate surface area is 58.7 Å². The highest BCUT2D eigenvalue weighted by atomic mass is 32.2. The van der Waals surface area contributed by atoms with Crippen molar-refractivity contribution < 1.29 is 0 Å². The smallest absolute Gasteiger partial charge is 0.143 e. The summed E-state index contributed by atoms with van der Waals surface area (Å²) in [5.41, 5.74) is 0. The van der Waals surface area contributed by atoms with Crippen molar-refractivity contribution in [3.63, 3.8) is 0 Å². The fourth-order valence-electron chi connectivity index (χ4n) is 0.551. The Balaban J connectivity index is 2.40. The molecule has 0 atom stereocenters. The minimum atomic E-state index is 0.773. The van der Waals surface area contributed by atoms with E-state index in [1.807, 2.05) is 6.92 Å². The summed E-state index contributed by atoms with van der Waals surface area (Å²) in [7, 11) is 0. The maximum Gasteiger partial charge on any atom is 0.143 e. The second-order valence-corrected chi connectivity index (χ2v) is 2.36. The minimum Gasteiger partial charge on any atom is -0.297 e. The normalized spacial score (nSPS) is 17.8. The van der Waals surface area contributed by atoms with E-state index in [1.165, 1.54) is 12.1 Å². The Morgan fingerprint density at radius 2 is 2.78 bits per heavy atom. The van der Waals surface area contributed by atoms with Crippen molar-refractivity contribution in [2.24, 2.45) is 10.2 Å². The first kappa shape index (κ1) is 6.85. The summed E-state index contributed by atoms with van der Waals surface area (Å²) in [4.78, 5) is 0. The minimum absolute atomic E-state index is 0.773. The van der Waals surface area contributed by atoms with Gasteiger partial charge in [-0.1, -0.05) is 0 Å². The number of hydrogen-bond acceptors (Lipinski definition) is 5. The topological polar surface area (TPSA) is 53.6 Å². The van der Waals surface area contributed by atoms with Gasteiger partial charge >= 0.3 is 0 Å². The monoisotopic (exact) mass is 146 g/mol. The van der Waals surface area contributed by atoms with E-state index < -0.39 is 0 Å². The molecule has 5 heteroatoms. The van der Waals surface area contributed by atoms with E-state index >= 15 is 0 Å². The standard InChI is InChI=1S/C4H10N4S/c1-2-8(5)4-3-6-9-7-4/h6H,2-3,5H2,1H3. The summed E-state index contributed by atoms with van der Waals surface area (Å²) < 4.78 is 7.01. The third-order valence-electron chi connectivity index (χ3n) is 1.12. The van der Waals surface area contributed by atoms with Gasteiger partial charge in [0.2, 0.25) is 0 Å². The largest absolute Gasteiger partial charge is 0.297 e. The van der Waals surface area contributed by atoms with E-state index in [2.05, 4.69) is 9.12 Å². The molecule has 0 unspecified atom stereocenters. The molecular weight excluding hydrogens is 136 g/mol. The van der Waals surface area contributed by atoms with E-state index in [9.17, 15) is 0 Å². The van der Waals surface area contributed by atoms with Crippen molar-refractivity contribution in [1.29, 1.82) is 0 Å². The van der Waals surface area contributed by atoms with Gasteiger partial charge in [0.1, 0.15) is 5.84 Å². The quantitative estimate of drug-likeness (QED) is 0.304. The van der Waals surface area contributed by atoms with Gasteiger partial charge in [0.05, 0.1) is 18.7 Å². The van der Waals surface area contributed by atoms with Gasteiger partial charge in [-0.05, 0) is 6.92 Å². The number of hydrogen-bond donors (Lipinski definition) is 2. The molecule has 0 spiro atoms. The van der Waals surface area contributed by atoms with Crippen LogP contribution in [0.25, 0.3) is 0 Å². The lowest BCUT2D eigenvalue weighted by Gasteiger charge is -2.13. The molecule has 0 fully saturated rings. The number of nitrogens with one attached hydrogen (secondary N) is 1. The van der Waals surface area contributed by atoms with Gasteiger partial charge in [0.25, 0.3) is 0 Å². The maximum atomic E-state index is 5.53. The van der Waals surface area contributed by atoms with Crippen LogP contribution < -0.4 is 10.6 Å². The van der Waals surface area contributed by atoms with Gasteiger partial charge in [-0.25, -0.2) is 10.6 Å². The molecule has 1 aliphatic rings. The molecule has 9 heavy (non-hydrogen) atoms. The zero-order valence-corrected chi connectivity index (χ0v) is 6.11. The molecule has 0 amide bonds. The molecule has 0 radical (unpaired) electrons. The van der Waals surface area contributed by atoms with Crippen LogP contribution in [-0.4, -0.2) is 23.9 Å². The Morgan fingerprint density at radius 1 is 2.00 bits per heavy atom. The number of likely N-dealkylation sites (N-methyl/N-ethyl adjacent to an activating group) is 1. The maximum absolute atomic E-state index is 5.53. The Kier molecular flexibility index (Phi) is 2.32. The van der Waals surface area contributed by atoms with Gasteiger partial charge in [-0.15, -0.1) is 0 Å². The van der Waals surface area contributed by atoms with Crippen molar-refractivity contribution in [1.82, 2.24) is 9.73 Å². The molecule has 0 saturated heterocycles. The van der Waals surface area contributed by atoms with E-state index in [0.717, 1.165) is 18.9 Å². The van der Waals surface area contributed by atoms with Crippen LogP contribution in [0.2, 0.25) is 0 Å². The molecule has 0 aromatic carbocycles. The number of rotatable bonds is 1. The molecule has 4 nitrogen and oxygen atoms in total. The van der Waals surface area contributed by atoms with Gasteiger partial charge in [0.15, 0.2) is 0 Å². The summed E-state index contributed by atoms with van der Waals surface area (Å²) >= 11 is 1.34. The molecule has 0 aromatic rings. The average Bonchev–Trinajstić information content (AvgIpc) is 2.37. The van der Waals surface area contributed by atoms with Gasteiger partial charge in [-0.3, -0.25) is 5.01 Å². The third kappa shape index (κ3) is 1.57. The number of nitrogens with two attached hydrogens (primary N) is 1. The second kappa shape index (κ2) is 3.05. The first-order chi connectivity index (χ1) is 4.34. The molecule has 1 aliphatic heterocycles. The summed E-state index contributed by atoms with van der Waals surface area (Å²) in [5.74, 6) is 6.45. The Bertz CT molecular complexity index is 124. The fourth-order valence-corrected chi connectivity index (χ4v) is 1.08. The number of hydrazine groups is 1. The SMILES string of the molecule is CCN(N)C1=NSNC1. The van der Waals surface area contributed by atoms with Crippen molar-refractivity contribution >= 4 is 18.0 Å². The van der Waals surface area contributed by atoms with Gasteiger partial charge in [0, 0.05) is 6.54 Å². The molecule has 3 N–H and O–H groups in total. The summed E-state index contributed by atoms with van der Waals surface area (Å²) in [6.07, 6.45) is 0. The zero-order chi connectivity index (χ0) is 6.69. The first-order valence-corrected chi connectivity index (χ1v) is 3.60. The lowest BCUT2D eigenvalue weighted by atomic mass is 10.5. The van der Waals surface area contributed by atoms with Crippen molar-refractivity contribution in [3.05, 3.63) is 0 Å². The predicted octanol–water partition coefficient (Wildman–Crippen LogP) is -0.253. The highest BCUT2D eigenvalue weighted by Gasteiger charge is 2.09. The third-order valence-corrected chi connectivity index (χ3v) is 1.69. The fraction of sp³-hybridized carbons (Fsp3) is 0.750. The number of amidine groups is 1. The van der Waals surface area contributed by atoms with E-state index in [1.54, 1.807) is 5.01 Å². The highest BCUT2D eigenvalue weighted by molar-refractivity contribution is 7.96. The van der Waals surface area contributed by atoms with Crippen LogP contribution >= 0.6 is 12.1 Å². The average molecular weight is 146 g/mol. The van der Waals surface area contributed by atoms with E-state index in [-0.39, 0.29) is 0 Å². The first-order valence-electron chi connectivity index (χ1n) is 2.82. The van der Waals surface area contributed by atoms with Crippen molar-refractivity contribution in [2.45, 2.75) is 6.92 Å². The summed E-state index contributed by atoms with van der Waals surface area (Å²) in [6, 6.07) is 0. The Hall–Kier alpha value is -0.260. The molecule has 52 valence electrons. The van der Waals surface area contributed by atoms with Crippen LogP contribution in [0.3, 0.4) is 0 Å². The van der Waals surface area contributed by atoms with Crippen molar-refractivity contribution in [3.8, 4) is 0 Å². The van der Waals surface area contributed by atoms with Gasteiger partial charge < -0.3 is 0 Å². The summed E-state index contributed by atoms with van der Waals surface area (Å²) in [5, 5.41) is 1.63. The van der Waals surface area contributed by atoms with Crippen LogP contribution in [-0.2, 0) is 0 Å². The van der Waals surface area contributed by atoms with Gasteiger partial charge in [-0.2, -0.15) is 4.40 Å². The molecule has 1 rings (SSSR count). The van der Waals surface area contributed by atoms with E-state index in [4.69, 9.17) is 5.84 Å². The lowest BCUT2D eigenvalue weighted by molar-refractivity contribution is 0.461. The number of nitrogens with zero attached hydrogens (tertiary/aromatic N) is 2. The molecule has 0 bridgehead atoms. The van der Waals surface area contributed by atoms with Crippen LogP contribution in [0.5, 0.6) is 0 Å². The molecule has 1 heterocycles. The second-order valence-electron chi connectivity index (χ2n) is 1.71. The lowest BCUT2D eigenvalue weighted by Crippen LogP contribution is -2.39. The zero-order valence-electron chi connectivity index (χ0n) is 5.29. The molecule has 0 aromatic heterocycles. The molecule has 0 saturated carbocycles. The van der Waals surface area contributed by atoms with Crippen LogP contribution in [0.4, 0.5) is 0 Å². The van der Waals surface area contributed by atoms with E-state index in [0.29, 0.717) is 0 Å².